The van der Waals surface area contributed by atoms with Crippen LogP contribution in [0.4, 0.5) is 4.32 Å². The molecule has 0 N–H and O–H groups in total. The Morgan fingerprint density at radius 1 is 2.00 bits per heavy atom. The molecule has 0 aliphatic rings. The Kier molecular flexibility index (Phi) is 4.33. The lowest BCUT2D eigenvalue weighted by Crippen LogP contribution is -1.99. The first-order valence-electron chi connectivity index (χ1n) is 1.89. The van der Waals surface area contributed by atoms with E-state index in [4.69, 9.17) is 0 Å². The van der Waals surface area contributed by atoms with E-state index in [1.54, 1.807) is 6.92 Å². The first kappa shape index (κ1) is 7.10. The molecule has 0 saturated heterocycles. The van der Waals surface area contributed by atoms with E-state index in [1.807, 2.05) is 0 Å². The number of rotatable bonds is 3. The highest BCUT2D eigenvalue weighted by Gasteiger charge is 1.93. The van der Waals surface area contributed by atoms with E-state index < -0.39 is 18.8 Å². The SMILES string of the molecule is CCS(=O)OBF. The maximum atomic E-state index is 11.0. The van der Waals surface area contributed by atoms with Crippen molar-refractivity contribution < 1.29 is 12.6 Å². The molecule has 0 aliphatic heterocycles. The van der Waals surface area contributed by atoms with Crippen LogP contribution in [0, 0.1) is 0 Å². The van der Waals surface area contributed by atoms with E-state index >= 15 is 0 Å². The molecule has 0 aliphatic carbocycles. The molecule has 0 fully saturated rings. The number of hydrogen-bond donors (Lipinski definition) is 0. The van der Waals surface area contributed by atoms with Crippen LogP contribution < -0.4 is 0 Å². The van der Waals surface area contributed by atoms with E-state index in [2.05, 4.69) is 4.10 Å². The van der Waals surface area contributed by atoms with Gasteiger partial charge in [0.25, 0.3) is 0 Å². The minimum Gasteiger partial charge on any atom is -0.318 e. The number of halogens is 1. The van der Waals surface area contributed by atoms with Crippen molar-refractivity contribution in [2.45, 2.75) is 6.92 Å². The molecule has 0 saturated carbocycles. The Morgan fingerprint density at radius 2 is 2.57 bits per heavy atom. The van der Waals surface area contributed by atoms with Crippen molar-refractivity contribution in [2.75, 3.05) is 5.75 Å². The summed E-state index contributed by atoms with van der Waals surface area (Å²) in [7, 11) is -0.958. The first-order chi connectivity index (χ1) is 3.31. The molecule has 2 nitrogen and oxygen atoms in total. The van der Waals surface area contributed by atoms with Gasteiger partial charge < -0.3 is 4.10 Å². The summed E-state index contributed by atoms with van der Waals surface area (Å²) in [5.74, 6) is 0.351. The molecule has 0 spiro atoms. The third-order valence-corrected chi connectivity index (χ3v) is 1.24. The van der Waals surface area contributed by atoms with Crippen molar-refractivity contribution in [1.82, 2.24) is 0 Å². The Labute approximate surface area is 45.0 Å². The molecule has 1 atom stereocenters. The molecule has 0 bridgehead atoms. The zero-order valence-corrected chi connectivity index (χ0v) is 4.83. The topological polar surface area (TPSA) is 26.3 Å². The molecule has 0 aromatic carbocycles. The van der Waals surface area contributed by atoms with Gasteiger partial charge in [-0.3, -0.25) is 4.32 Å². The van der Waals surface area contributed by atoms with Gasteiger partial charge in [0.1, 0.15) is 11.1 Å². The molecule has 42 valence electrons. The maximum Gasteiger partial charge on any atom is 0.495 e. The highest BCUT2D eigenvalue weighted by molar-refractivity contribution is 7.80. The fourth-order valence-corrected chi connectivity index (χ4v) is 0.399. The molecular formula is C2H6BFO2S. The molecule has 1 unspecified atom stereocenters. The second-order valence-corrected chi connectivity index (χ2v) is 2.24. The minimum absolute atomic E-state index is 0.351. The molecule has 0 amide bonds. The third-order valence-electron chi connectivity index (χ3n) is 0.412. The lowest BCUT2D eigenvalue weighted by molar-refractivity contribution is 0.548. The fourth-order valence-electron chi connectivity index (χ4n) is 0.133. The van der Waals surface area contributed by atoms with Gasteiger partial charge in [0.15, 0.2) is 0 Å². The summed E-state index contributed by atoms with van der Waals surface area (Å²) in [5, 5.41) is 0. The summed E-state index contributed by atoms with van der Waals surface area (Å²) in [5.41, 5.74) is 0. The van der Waals surface area contributed by atoms with Gasteiger partial charge in [-0.25, -0.2) is 4.21 Å². The van der Waals surface area contributed by atoms with Crippen LogP contribution in [0.5, 0.6) is 0 Å². The van der Waals surface area contributed by atoms with Crippen LogP contribution in [0.15, 0.2) is 0 Å². The van der Waals surface area contributed by atoms with Crippen LogP contribution in [-0.4, -0.2) is 17.7 Å². The molecule has 0 heterocycles. The van der Waals surface area contributed by atoms with E-state index in [0.717, 1.165) is 0 Å². The van der Waals surface area contributed by atoms with Crippen molar-refractivity contribution >= 4 is 18.8 Å². The second-order valence-electron chi connectivity index (χ2n) is 0.819. The van der Waals surface area contributed by atoms with Gasteiger partial charge in [0.2, 0.25) is 0 Å². The summed E-state index contributed by atoms with van der Waals surface area (Å²) in [6.07, 6.45) is 0. The molecule has 0 rings (SSSR count). The van der Waals surface area contributed by atoms with Gasteiger partial charge in [0, 0.05) is 5.75 Å². The predicted molar refractivity (Wildman–Crippen MR) is 28.0 cm³/mol. The van der Waals surface area contributed by atoms with Crippen molar-refractivity contribution in [3.8, 4) is 0 Å². The average molecular weight is 124 g/mol. The zero-order valence-electron chi connectivity index (χ0n) is 4.02. The van der Waals surface area contributed by atoms with Gasteiger partial charge in [-0.15, -0.1) is 0 Å². The van der Waals surface area contributed by atoms with Crippen molar-refractivity contribution in [3.63, 3.8) is 0 Å². The minimum atomic E-state index is -1.40. The Bertz CT molecular complexity index is 68.7. The Morgan fingerprint density at radius 3 is 2.71 bits per heavy atom. The quantitative estimate of drug-likeness (QED) is 0.492. The summed E-state index contributed by atoms with van der Waals surface area (Å²) in [6, 6.07) is 0. The zero-order chi connectivity index (χ0) is 5.70. The average Bonchev–Trinajstić information content (AvgIpc) is 1.68. The molecular weight excluding hydrogens is 118 g/mol. The highest BCUT2D eigenvalue weighted by Crippen LogP contribution is 1.80. The van der Waals surface area contributed by atoms with Crippen molar-refractivity contribution in [2.24, 2.45) is 0 Å². The third kappa shape index (κ3) is 3.95. The molecule has 0 radical (unpaired) electrons. The lowest BCUT2D eigenvalue weighted by Gasteiger charge is -1.88. The van der Waals surface area contributed by atoms with Gasteiger partial charge in [-0.1, -0.05) is 6.92 Å². The molecule has 7 heavy (non-hydrogen) atoms. The Balaban J connectivity index is 3.00. The Hall–Kier alpha value is 0.105. The van der Waals surface area contributed by atoms with E-state index in [-0.39, 0.29) is 0 Å². The smallest absolute Gasteiger partial charge is 0.318 e. The van der Waals surface area contributed by atoms with Crippen molar-refractivity contribution in [1.29, 1.82) is 0 Å². The van der Waals surface area contributed by atoms with E-state index in [9.17, 15) is 8.52 Å². The molecule has 5 heteroatoms. The normalized spacial score (nSPS) is 13.4. The lowest BCUT2D eigenvalue weighted by atomic mass is 10.5. The molecule has 0 aromatic heterocycles. The predicted octanol–water partition coefficient (Wildman–Crippen LogP) is -0.0774. The van der Waals surface area contributed by atoms with Gasteiger partial charge in [0.05, 0.1) is 0 Å². The monoisotopic (exact) mass is 124 g/mol. The van der Waals surface area contributed by atoms with E-state index in [1.165, 1.54) is 0 Å². The maximum absolute atomic E-state index is 11.0. The first-order valence-corrected chi connectivity index (χ1v) is 3.13. The standard InChI is InChI=1S/C2H6BFO2S/c1-2-7(5)6-3-4/h3H,2H2,1H3. The van der Waals surface area contributed by atoms with Crippen LogP contribution in [0.25, 0.3) is 0 Å². The fraction of sp³-hybridized carbons (Fsp3) is 1.00. The van der Waals surface area contributed by atoms with Gasteiger partial charge in [-0.05, 0) is 0 Å². The van der Waals surface area contributed by atoms with Crippen molar-refractivity contribution in [3.05, 3.63) is 0 Å². The summed E-state index contributed by atoms with van der Waals surface area (Å²) in [6.45, 7) is 1.66. The second kappa shape index (κ2) is 4.27. The molecule has 0 aromatic rings. The van der Waals surface area contributed by atoms with Gasteiger partial charge in [-0.2, -0.15) is 0 Å². The van der Waals surface area contributed by atoms with E-state index in [0.29, 0.717) is 5.75 Å². The largest absolute Gasteiger partial charge is 0.495 e. The summed E-state index contributed by atoms with van der Waals surface area (Å²) >= 11 is -1.40. The van der Waals surface area contributed by atoms with Gasteiger partial charge >= 0.3 is 7.76 Å². The van der Waals surface area contributed by atoms with Crippen LogP contribution in [-0.2, 0) is 15.2 Å². The van der Waals surface area contributed by atoms with Crippen LogP contribution in [0.1, 0.15) is 6.92 Å². The van der Waals surface area contributed by atoms with Crippen LogP contribution in [0.2, 0.25) is 0 Å². The van der Waals surface area contributed by atoms with Crippen LogP contribution >= 0.6 is 0 Å². The highest BCUT2D eigenvalue weighted by atomic mass is 32.2. The summed E-state index contributed by atoms with van der Waals surface area (Å²) < 4.78 is 25.1. The summed E-state index contributed by atoms with van der Waals surface area (Å²) in [4.78, 5) is 0. The number of hydrogen-bond acceptors (Lipinski definition) is 2. The van der Waals surface area contributed by atoms with Crippen LogP contribution in [0.3, 0.4) is 0 Å².